The topological polar surface area (TPSA) is 31.9 Å². The van der Waals surface area contributed by atoms with Crippen LogP contribution in [0.3, 0.4) is 0 Å². The molecule has 0 saturated heterocycles. The van der Waals surface area contributed by atoms with Gasteiger partial charge in [0, 0.05) is 13.6 Å². The highest BCUT2D eigenvalue weighted by Crippen LogP contribution is 2.14. The molecule has 1 aromatic heterocycles. The lowest BCUT2D eigenvalue weighted by Crippen LogP contribution is -2.15. The zero-order valence-corrected chi connectivity index (χ0v) is 7.55. The molecule has 1 aromatic rings. The van der Waals surface area contributed by atoms with Crippen LogP contribution in [0.5, 0.6) is 0 Å². The molecule has 56 valence electrons. The maximum absolute atomic E-state index is 4.87. The maximum Gasteiger partial charge on any atom is 0.206 e. The number of nitrogens with one attached hydrogen (secondary N) is 1. The van der Waals surface area contributed by atoms with E-state index < -0.39 is 0 Å². The van der Waals surface area contributed by atoms with Gasteiger partial charge in [0.2, 0.25) is 5.13 Å². The number of aromatic amines is 1. The van der Waals surface area contributed by atoms with Gasteiger partial charge in [0.25, 0.3) is 0 Å². The molecule has 0 spiro atoms. The van der Waals surface area contributed by atoms with Crippen LogP contribution in [0.15, 0.2) is 0 Å². The Bertz CT molecular complexity index is 251. The second kappa shape index (κ2) is 3.12. The fourth-order valence-electron chi connectivity index (χ4n) is 0.521. The summed E-state index contributed by atoms with van der Waals surface area (Å²) < 4.78 is 0.732. The molecule has 0 fully saturated rings. The molecule has 0 amide bonds. The van der Waals surface area contributed by atoms with Gasteiger partial charge in [0.15, 0.2) is 3.95 Å². The summed E-state index contributed by atoms with van der Waals surface area (Å²) in [6.45, 7) is 3.03. The molecule has 5 heteroatoms. The van der Waals surface area contributed by atoms with Crippen molar-refractivity contribution in [3.05, 3.63) is 3.95 Å². The molecule has 0 aliphatic heterocycles. The molecular weight excluding hydrogens is 166 g/mol. The monoisotopic (exact) mass is 175 g/mol. The van der Waals surface area contributed by atoms with Gasteiger partial charge in [-0.1, -0.05) is 11.3 Å². The van der Waals surface area contributed by atoms with Crippen LogP contribution in [-0.2, 0) is 0 Å². The molecule has 0 aliphatic rings. The Labute approximate surface area is 68.7 Å². The van der Waals surface area contributed by atoms with Gasteiger partial charge in [-0.2, -0.15) is 0 Å². The predicted octanol–water partition coefficient (Wildman–Crippen LogP) is 1.66. The van der Waals surface area contributed by atoms with Crippen molar-refractivity contribution in [1.29, 1.82) is 0 Å². The second-order valence-corrected chi connectivity index (χ2v) is 3.55. The van der Waals surface area contributed by atoms with Crippen LogP contribution in [-0.4, -0.2) is 23.8 Å². The lowest BCUT2D eigenvalue weighted by Gasteiger charge is -2.09. The van der Waals surface area contributed by atoms with Gasteiger partial charge in [-0.05, 0) is 19.1 Å². The first-order chi connectivity index (χ1) is 4.74. The minimum atomic E-state index is 0.732. The summed E-state index contributed by atoms with van der Waals surface area (Å²) >= 11 is 6.37. The summed E-state index contributed by atoms with van der Waals surface area (Å²) in [7, 11) is 1.99. The van der Waals surface area contributed by atoms with E-state index in [0.29, 0.717) is 0 Å². The molecule has 1 N–H and O–H groups in total. The average Bonchev–Trinajstić information content (AvgIpc) is 2.34. The van der Waals surface area contributed by atoms with Crippen molar-refractivity contribution >= 4 is 28.7 Å². The van der Waals surface area contributed by atoms with Gasteiger partial charge < -0.3 is 4.90 Å². The number of aromatic nitrogens is 2. The van der Waals surface area contributed by atoms with Gasteiger partial charge in [-0.15, -0.1) is 5.10 Å². The molecule has 1 rings (SSSR count). The van der Waals surface area contributed by atoms with Crippen molar-refractivity contribution in [2.75, 3.05) is 18.5 Å². The lowest BCUT2D eigenvalue weighted by molar-refractivity contribution is 0.927. The molecule has 0 unspecified atom stereocenters. The Morgan fingerprint density at radius 2 is 2.50 bits per heavy atom. The highest BCUT2D eigenvalue weighted by atomic mass is 32.1. The molecule has 3 nitrogen and oxygen atoms in total. The summed E-state index contributed by atoms with van der Waals surface area (Å²) in [5.74, 6) is 0. The first kappa shape index (κ1) is 7.68. The fourth-order valence-corrected chi connectivity index (χ4v) is 1.42. The normalized spacial score (nSPS) is 9.80. The summed E-state index contributed by atoms with van der Waals surface area (Å²) in [5.41, 5.74) is 0. The number of H-pyrrole nitrogens is 1. The van der Waals surface area contributed by atoms with Crippen LogP contribution in [0.25, 0.3) is 0 Å². The summed E-state index contributed by atoms with van der Waals surface area (Å²) in [4.78, 5) is 2.04. The number of hydrogen-bond acceptors (Lipinski definition) is 4. The lowest BCUT2D eigenvalue weighted by atomic mass is 10.7. The quantitative estimate of drug-likeness (QED) is 0.694. The maximum atomic E-state index is 4.87. The highest BCUT2D eigenvalue weighted by molar-refractivity contribution is 7.73. The van der Waals surface area contributed by atoms with Gasteiger partial charge in [0.1, 0.15) is 0 Å². The zero-order chi connectivity index (χ0) is 7.56. The average molecular weight is 175 g/mol. The summed E-state index contributed by atoms with van der Waals surface area (Å²) in [5, 5.41) is 7.68. The first-order valence-electron chi connectivity index (χ1n) is 3.00. The fraction of sp³-hybridized carbons (Fsp3) is 0.600. The van der Waals surface area contributed by atoms with Crippen molar-refractivity contribution in [2.45, 2.75) is 6.92 Å². The van der Waals surface area contributed by atoms with E-state index >= 15 is 0 Å². The second-order valence-electron chi connectivity index (χ2n) is 1.91. The Morgan fingerprint density at radius 1 is 1.80 bits per heavy atom. The van der Waals surface area contributed by atoms with E-state index in [-0.39, 0.29) is 0 Å². The highest BCUT2D eigenvalue weighted by Gasteiger charge is 1.99. The van der Waals surface area contributed by atoms with E-state index in [1.807, 2.05) is 11.9 Å². The van der Waals surface area contributed by atoms with E-state index in [4.69, 9.17) is 12.2 Å². The van der Waals surface area contributed by atoms with Crippen molar-refractivity contribution in [2.24, 2.45) is 0 Å². The van der Waals surface area contributed by atoms with Crippen molar-refractivity contribution < 1.29 is 0 Å². The Morgan fingerprint density at radius 3 is 2.90 bits per heavy atom. The molecule has 0 aromatic carbocycles. The molecular formula is C5H9N3S2. The van der Waals surface area contributed by atoms with Crippen LogP contribution in [0.2, 0.25) is 0 Å². The Kier molecular flexibility index (Phi) is 2.39. The third-order valence-corrected chi connectivity index (χ3v) is 2.43. The molecule has 0 atom stereocenters. The van der Waals surface area contributed by atoms with E-state index in [1.54, 1.807) is 0 Å². The molecule has 0 radical (unpaired) electrons. The van der Waals surface area contributed by atoms with Crippen molar-refractivity contribution in [3.8, 4) is 0 Å². The van der Waals surface area contributed by atoms with E-state index in [2.05, 4.69) is 17.1 Å². The van der Waals surface area contributed by atoms with Gasteiger partial charge in [0.05, 0.1) is 0 Å². The van der Waals surface area contributed by atoms with Crippen LogP contribution >= 0.6 is 23.6 Å². The van der Waals surface area contributed by atoms with E-state index in [9.17, 15) is 0 Å². The van der Waals surface area contributed by atoms with Gasteiger partial charge in [-0.3, -0.25) is 5.10 Å². The molecule has 1 heterocycles. The standard InChI is InChI=1S/C5H9N3S2/c1-3-8(2)4-6-7-5(9)10-4/h3H2,1-2H3,(H,7,9). The molecule has 0 bridgehead atoms. The number of rotatable bonds is 2. The largest absolute Gasteiger partial charge is 0.350 e. The Balaban J connectivity index is 2.84. The van der Waals surface area contributed by atoms with E-state index in [1.165, 1.54) is 11.3 Å². The summed E-state index contributed by atoms with van der Waals surface area (Å²) in [6, 6.07) is 0. The number of nitrogens with zero attached hydrogens (tertiary/aromatic N) is 2. The van der Waals surface area contributed by atoms with Crippen LogP contribution in [0.1, 0.15) is 6.92 Å². The number of anilines is 1. The first-order valence-corrected chi connectivity index (χ1v) is 4.23. The predicted molar refractivity (Wildman–Crippen MR) is 46.2 cm³/mol. The zero-order valence-electron chi connectivity index (χ0n) is 5.92. The van der Waals surface area contributed by atoms with Crippen LogP contribution < -0.4 is 4.90 Å². The minimum absolute atomic E-state index is 0.732. The smallest absolute Gasteiger partial charge is 0.206 e. The number of hydrogen-bond donors (Lipinski definition) is 1. The SMILES string of the molecule is CCN(C)c1n[nH]c(=S)s1. The van der Waals surface area contributed by atoms with Crippen molar-refractivity contribution in [3.63, 3.8) is 0 Å². The van der Waals surface area contributed by atoms with Crippen LogP contribution in [0, 0.1) is 3.95 Å². The van der Waals surface area contributed by atoms with Gasteiger partial charge >= 0.3 is 0 Å². The minimum Gasteiger partial charge on any atom is -0.350 e. The molecule has 0 aliphatic carbocycles. The summed E-state index contributed by atoms with van der Waals surface area (Å²) in [6.07, 6.45) is 0. The molecule has 0 saturated carbocycles. The van der Waals surface area contributed by atoms with Crippen molar-refractivity contribution in [1.82, 2.24) is 10.2 Å². The third-order valence-electron chi connectivity index (χ3n) is 1.23. The van der Waals surface area contributed by atoms with Crippen LogP contribution in [0.4, 0.5) is 5.13 Å². The van der Waals surface area contributed by atoms with E-state index in [0.717, 1.165) is 15.6 Å². The third kappa shape index (κ3) is 1.54. The van der Waals surface area contributed by atoms with Gasteiger partial charge in [-0.25, -0.2) is 0 Å². The molecule has 10 heavy (non-hydrogen) atoms. The Hall–Kier alpha value is -0.420.